The third kappa shape index (κ3) is 3.85. The average Bonchev–Trinajstić information content (AvgIpc) is 3.30. The van der Waals surface area contributed by atoms with Gasteiger partial charge in [0.25, 0.3) is 5.56 Å². The Morgan fingerprint density at radius 2 is 1.76 bits per heavy atom. The SMILES string of the molecule is COc1ccc(C=c2sc3nc4ccccc4n3c2=O)cc1OS(=O)(=O)c1ccc(C)cc1. The topological polar surface area (TPSA) is 87.0 Å². The number of aromatic nitrogens is 2. The predicted molar refractivity (Wildman–Crippen MR) is 128 cm³/mol. The molecular weight excluding hydrogens is 460 g/mol. The van der Waals surface area contributed by atoms with Gasteiger partial charge in [0, 0.05) is 0 Å². The van der Waals surface area contributed by atoms with E-state index < -0.39 is 10.1 Å². The first-order valence-corrected chi connectivity index (χ1v) is 12.2. The Morgan fingerprint density at radius 1 is 1.00 bits per heavy atom. The van der Waals surface area contributed by atoms with E-state index in [9.17, 15) is 13.2 Å². The fourth-order valence-electron chi connectivity index (χ4n) is 3.48. The molecular formula is C24H18N2O5S2. The zero-order chi connectivity index (χ0) is 23.2. The van der Waals surface area contributed by atoms with Gasteiger partial charge in [-0.2, -0.15) is 8.42 Å². The molecule has 0 radical (unpaired) electrons. The summed E-state index contributed by atoms with van der Waals surface area (Å²) in [6.07, 6.45) is 1.68. The van der Waals surface area contributed by atoms with Crippen molar-refractivity contribution in [2.45, 2.75) is 11.8 Å². The molecule has 166 valence electrons. The smallest absolute Gasteiger partial charge is 0.339 e. The second-order valence-corrected chi connectivity index (χ2v) is 9.95. The molecule has 0 amide bonds. The van der Waals surface area contributed by atoms with Crippen LogP contribution >= 0.6 is 11.3 Å². The van der Waals surface area contributed by atoms with Gasteiger partial charge in [0.15, 0.2) is 16.5 Å². The van der Waals surface area contributed by atoms with Crippen LogP contribution in [-0.4, -0.2) is 24.9 Å². The van der Waals surface area contributed by atoms with E-state index in [1.54, 1.807) is 34.7 Å². The van der Waals surface area contributed by atoms with Gasteiger partial charge in [0.05, 0.1) is 22.7 Å². The number of thiazole rings is 1. The zero-order valence-corrected chi connectivity index (χ0v) is 19.3. The summed E-state index contributed by atoms with van der Waals surface area (Å²) in [6, 6.07) is 18.7. The van der Waals surface area contributed by atoms with Crippen LogP contribution in [0.4, 0.5) is 0 Å². The number of methoxy groups -OCH3 is 1. The van der Waals surface area contributed by atoms with Crippen LogP contribution in [-0.2, 0) is 10.1 Å². The van der Waals surface area contributed by atoms with Crippen molar-refractivity contribution in [1.82, 2.24) is 9.38 Å². The first-order valence-electron chi connectivity index (χ1n) is 9.97. The number of hydrogen-bond acceptors (Lipinski definition) is 7. The first kappa shape index (κ1) is 21.2. The van der Waals surface area contributed by atoms with E-state index in [-0.39, 0.29) is 22.0 Å². The maximum atomic E-state index is 13.0. The highest BCUT2D eigenvalue weighted by atomic mass is 32.2. The van der Waals surface area contributed by atoms with E-state index in [0.29, 0.717) is 15.1 Å². The molecule has 2 heterocycles. The molecule has 33 heavy (non-hydrogen) atoms. The van der Waals surface area contributed by atoms with Crippen LogP contribution in [0.3, 0.4) is 0 Å². The van der Waals surface area contributed by atoms with Gasteiger partial charge in [-0.25, -0.2) is 9.38 Å². The number of hydrogen-bond donors (Lipinski definition) is 0. The second kappa shape index (κ2) is 8.02. The number of nitrogens with zero attached hydrogens (tertiary/aromatic N) is 2. The predicted octanol–water partition coefficient (Wildman–Crippen LogP) is 3.54. The Hall–Kier alpha value is -3.69. The van der Waals surface area contributed by atoms with Crippen molar-refractivity contribution in [3.8, 4) is 11.5 Å². The van der Waals surface area contributed by atoms with Crippen molar-refractivity contribution in [3.63, 3.8) is 0 Å². The van der Waals surface area contributed by atoms with Gasteiger partial charge in [0.1, 0.15) is 4.90 Å². The molecule has 7 nitrogen and oxygen atoms in total. The number of benzene rings is 3. The number of imidazole rings is 1. The molecule has 0 saturated heterocycles. The summed E-state index contributed by atoms with van der Waals surface area (Å²) in [7, 11) is -2.63. The highest BCUT2D eigenvalue weighted by Crippen LogP contribution is 2.31. The van der Waals surface area contributed by atoms with Crippen molar-refractivity contribution >= 4 is 43.5 Å². The first-order chi connectivity index (χ1) is 15.9. The lowest BCUT2D eigenvalue weighted by atomic mass is 10.2. The van der Waals surface area contributed by atoms with Gasteiger partial charge in [-0.3, -0.25) is 4.79 Å². The largest absolute Gasteiger partial charge is 0.493 e. The standard InChI is InChI=1S/C24H18N2O5S2/c1-15-7-10-17(11-8-15)33(28,29)31-21-13-16(9-12-20(21)30-2)14-22-23(27)26-19-6-4-3-5-18(19)25-24(26)32-22/h3-14H,1-2H3. The lowest BCUT2D eigenvalue weighted by Gasteiger charge is -2.11. The molecule has 0 atom stereocenters. The summed E-state index contributed by atoms with van der Waals surface area (Å²) < 4.78 is 38.3. The van der Waals surface area contributed by atoms with E-state index in [2.05, 4.69) is 4.98 Å². The average molecular weight is 479 g/mol. The molecule has 0 bridgehead atoms. The summed E-state index contributed by atoms with van der Waals surface area (Å²) in [4.78, 5) is 18.2. The van der Waals surface area contributed by atoms with Gasteiger partial charge in [-0.05, 0) is 55.0 Å². The van der Waals surface area contributed by atoms with Crippen molar-refractivity contribution in [1.29, 1.82) is 0 Å². The summed E-state index contributed by atoms with van der Waals surface area (Å²) in [5.74, 6) is 0.295. The molecule has 0 saturated carbocycles. The summed E-state index contributed by atoms with van der Waals surface area (Å²) in [6.45, 7) is 1.87. The molecule has 5 aromatic rings. The molecule has 0 aliphatic rings. The fourth-order valence-corrected chi connectivity index (χ4v) is 5.40. The molecule has 0 N–H and O–H groups in total. The Morgan fingerprint density at radius 3 is 2.52 bits per heavy atom. The molecule has 2 aromatic heterocycles. The molecule has 0 unspecified atom stereocenters. The van der Waals surface area contributed by atoms with Crippen LogP contribution in [0, 0.1) is 6.92 Å². The molecule has 0 aliphatic carbocycles. The highest BCUT2D eigenvalue weighted by Gasteiger charge is 2.19. The number of para-hydroxylation sites is 2. The lowest BCUT2D eigenvalue weighted by Crippen LogP contribution is -2.22. The molecule has 9 heteroatoms. The third-order valence-electron chi connectivity index (χ3n) is 5.14. The Bertz CT molecular complexity index is 1720. The van der Waals surface area contributed by atoms with E-state index in [4.69, 9.17) is 8.92 Å². The number of fused-ring (bicyclic) bond motifs is 3. The van der Waals surface area contributed by atoms with Crippen molar-refractivity contribution in [3.05, 3.63) is 92.7 Å². The Balaban J connectivity index is 1.57. The zero-order valence-electron chi connectivity index (χ0n) is 17.7. The van der Waals surface area contributed by atoms with Gasteiger partial charge < -0.3 is 8.92 Å². The molecule has 3 aromatic carbocycles. The van der Waals surface area contributed by atoms with Crippen LogP contribution in [0.5, 0.6) is 11.5 Å². The second-order valence-electron chi connectivity index (χ2n) is 7.40. The van der Waals surface area contributed by atoms with Gasteiger partial charge in [0.2, 0.25) is 0 Å². The van der Waals surface area contributed by atoms with E-state index in [1.807, 2.05) is 31.2 Å². The highest BCUT2D eigenvalue weighted by molar-refractivity contribution is 7.87. The van der Waals surface area contributed by atoms with Gasteiger partial charge in [-0.15, -0.1) is 0 Å². The number of aryl methyl sites for hydroxylation is 1. The molecule has 0 spiro atoms. The normalized spacial score (nSPS) is 12.5. The van der Waals surface area contributed by atoms with Crippen LogP contribution in [0.1, 0.15) is 11.1 Å². The Labute approximate surface area is 193 Å². The minimum atomic E-state index is -4.06. The van der Waals surface area contributed by atoms with Gasteiger partial charge >= 0.3 is 10.1 Å². The fraction of sp³-hybridized carbons (Fsp3) is 0.0833. The summed E-state index contributed by atoms with van der Waals surface area (Å²) >= 11 is 1.27. The minimum absolute atomic E-state index is 0.0334. The number of ether oxygens (including phenoxy) is 1. The lowest BCUT2D eigenvalue weighted by molar-refractivity contribution is 0.390. The van der Waals surface area contributed by atoms with Crippen LogP contribution in [0.2, 0.25) is 0 Å². The monoisotopic (exact) mass is 478 g/mol. The summed E-state index contributed by atoms with van der Waals surface area (Å²) in [5.41, 5.74) is 2.85. The van der Waals surface area contributed by atoms with Crippen LogP contribution in [0.15, 0.2) is 76.4 Å². The van der Waals surface area contributed by atoms with Crippen LogP contribution < -0.4 is 19.0 Å². The van der Waals surface area contributed by atoms with Gasteiger partial charge in [-0.1, -0.05) is 47.2 Å². The van der Waals surface area contributed by atoms with E-state index >= 15 is 0 Å². The number of rotatable bonds is 5. The van der Waals surface area contributed by atoms with E-state index in [1.165, 1.54) is 36.6 Å². The summed E-state index contributed by atoms with van der Waals surface area (Å²) in [5, 5.41) is 0. The Kier molecular flexibility index (Phi) is 5.15. The third-order valence-corrected chi connectivity index (χ3v) is 7.36. The molecule has 0 aliphatic heterocycles. The van der Waals surface area contributed by atoms with E-state index in [0.717, 1.165) is 16.6 Å². The van der Waals surface area contributed by atoms with Crippen molar-refractivity contribution in [2.75, 3.05) is 7.11 Å². The van der Waals surface area contributed by atoms with Crippen molar-refractivity contribution in [2.24, 2.45) is 0 Å². The quantitative estimate of drug-likeness (QED) is 0.359. The maximum absolute atomic E-state index is 13.0. The molecule has 0 fully saturated rings. The molecule has 5 rings (SSSR count). The van der Waals surface area contributed by atoms with Crippen LogP contribution in [0.25, 0.3) is 22.1 Å². The van der Waals surface area contributed by atoms with Crippen molar-refractivity contribution < 1.29 is 17.3 Å². The maximum Gasteiger partial charge on any atom is 0.339 e. The minimum Gasteiger partial charge on any atom is -0.493 e.